The van der Waals surface area contributed by atoms with Crippen molar-refractivity contribution in [2.75, 3.05) is 0 Å². The zero-order valence-electron chi connectivity index (χ0n) is 19.7. The van der Waals surface area contributed by atoms with Gasteiger partial charge in [0.15, 0.2) is 0 Å². The van der Waals surface area contributed by atoms with Gasteiger partial charge in [-0.2, -0.15) is 15.0 Å². The van der Waals surface area contributed by atoms with Crippen LogP contribution in [0.3, 0.4) is 0 Å². The van der Waals surface area contributed by atoms with E-state index in [9.17, 15) is 0 Å². The topological polar surface area (TPSA) is 42.7 Å². The van der Waals surface area contributed by atoms with E-state index in [-0.39, 0.29) is 0 Å². The Kier molecular flexibility index (Phi) is 5.95. The van der Waals surface area contributed by atoms with E-state index in [0.29, 0.717) is 28.0 Å². The SMILES string of the molecule is C[C@@H](NCc1nn(Cc2ccc(Cl)cc2Cl)nc1-c1ccccc1)C12CC3CC(CC(C3)C1)C2. The number of rotatable bonds is 7. The third-order valence-electron chi connectivity index (χ3n) is 8.68. The first-order valence-corrected chi connectivity index (χ1v) is 13.4. The Balaban J connectivity index is 1.24. The van der Waals surface area contributed by atoms with E-state index in [1.54, 1.807) is 10.9 Å². The highest BCUT2D eigenvalue weighted by Gasteiger charge is 2.52. The van der Waals surface area contributed by atoms with Crippen molar-refractivity contribution in [2.45, 2.75) is 64.6 Å². The van der Waals surface area contributed by atoms with Gasteiger partial charge >= 0.3 is 0 Å². The molecule has 0 spiro atoms. The number of benzene rings is 2. The molecule has 4 saturated carbocycles. The average Bonchev–Trinajstić information content (AvgIpc) is 3.22. The molecule has 178 valence electrons. The Morgan fingerprint density at radius 3 is 2.29 bits per heavy atom. The van der Waals surface area contributed by atoms with Gasteiger partial charge in [-0.05, 0) is 86.3 Å². The van der Waals surface area contributed by atoms with Gasteiger partial charge in [0.05, 0.1) is 6.54 Å². The second-order valence-electron chi connectivity index (χ2n) is 11.0. The lowest BCUT2D eigenvalue weighted by molar-refractivity contribution is -0.0707. The van der Waals surface area contributed by atoms with Crippen molar-refractivity contribution in [3.8, 4) is 11.3 Å². The molecule has 1 heterocycles. The van der Waals surface area contributed by atoms with Crippen LogP contribution in [0.15, 0.2) is 48.5 Å². The highest BCUT2D eigenvalue weighted by molar-refractivity contribution is 6.35. The molecule has 0 radical (unpaired) electrons. The molecule has 1 aromatic heterocycles. The summed E-state index contributed by atoms with van der Waals surface area (Å²) >= 11 is 12.5. The molecule has 0 amide bonds. The van der Waals surface area contributed by atoms with Crippen molar-refractivity contribution in [3.05, 3.63) is 69.8 Å². The van der Waals surface area contributed by atoms with Crippen molar-refractivity contribution in [3.63, 3.8) is 0 Å². The van der Waals surface area contributed by atoms with E-state index < -0.39 is 0 Å². The Morgan fingerprint density at radius 2 is 1.65 bits per heavy atom. The minimum absolute atomic E-state index is 0.467. The van der Waals surface area contributed by atoms with Crippen LogP contribution in [0.1, 0.15) is 56.7 Å². The Morgan fingerprint density at radius 1 is 0.971 bits per heavy atom. The van der Waals surface area contributed by atoms with Gasteiger partial charge in [-0.1, -0.05) is 59.6 Å². The molecule has 0 saturated heterocycles. The minimum Gasteiger partial charge on any atom is -0.308 e. The summed E-state index contributed by atoms with van der Waals surface area (Å²) in [6.45, 7) is 3.65. The molecular weight excluding hydrogens is 463 g/mol. The van der Waals surface area contributed by atoms with Crippen molar-refractivity contribution >= 4 is 23.2 Å². The van der Waals surface area contributed by atoms with Crippen LogP contribution in [0, 0.1) is 23.2 Å². The molecule has 3 aromatic rings. The first-order valence-electron chi connectivity index (χ1n) is 12.6. The van der Waals surface area contributed by atoms with Crippen LogP contribution in [0.25, 0.3) is 11.3 Å². The maximum atomic E-state index is 6.43. The fourth-order valence-corrected chi connectivity index (χ4v) is 7.84. The first-order chi connectivity index (χ1) is 16.5. The standard InChI is InChI=1S/C28H32Cl2N4/c1-18(28-13-19-9-20(14-28)11-21(10-19)15-28)31-16-26-27(22-5-3-2-4-6-22)33-34(32-26)17-23-7-8-24(29)12-25(23)30/h2-8,12,18-21,31H,9-11,13-17H2,1H3/t18-,19?,20?,21?,28?/m1/s1. The fraction of sp³-hybridized carbons (Fsp3) is 0.500. The lowest BCUT2D eigenvalue weighted by atomic mass is 9.48. The zero-order chi connectivity index (χ0) is 23.3. The Labute approximate surface area is 212 Å². The van der Waals surface area contributed by atoms with Crippen LogP contribution < -0.4 is 5.32 Å². The largest absolute Gasteiger partial charge is 0.308 e. The van der Waals surface area contributed by atoms with Gasteiger partial charge in [-0.25, -0.2) is 0 Å². The van der Waals surface area contributed by atoms with Crippen LogP contribution in [0.4, 0.5) is 0 Å². The van der Waals surface area contributed by atoms with Crippen molar-refractivity contribution in [1.29, 1.82) is 0 Å². The Hall–Kier alpha value is -1.88. The second kappa shape index (κ2) is 8.96. The van der Waals surface area contributed by atoms with Crippen LogP contribution in [-0.2, 0) is 13.1 Å². The summed E-state index contributed by atoms with van der Waals surface area (Å²) in [6.07, 6.45) is 8.64. The second-order valence-corrected chi connectivity index (χ2v) is 11.9. The summed E-state index contributed by atoms with van der Waals surface area (Å²) < 4.78 is 0. The highest BCUT2D eigenvalue weighted by Crippen LogP contribution is 2.61. The van der Waals surface area contributed by atoms with Crippen molar-refractivity contribution in [2.24, 2.45) is 23.2 Å². The predicted octanol–water partition coefficient (Wildman–Crippen LogP) is 6.99. The number of aromatic nitrogens is 3. The third kappa shape index (κ3) is 4.29. The minimum atomic E-state index is 0.467. The van der Waals surface area contributed by atoms with Crippen LogP contribution in [0.5, 0.6) is 0 Å². The monoisotopic (exact) mass is 494 g/mol. The van der Waals surface area contributed by atoms with Gasteiger partial charge in [0, 0.05) is 28.2 Å². The number of hydrogen-bond acceptors (Lipinski definition) is 3. The highest BCUT2D eigenvalue weighted by atomic mass is 35.5. The third-order valence-corrected chi connectivity index (χ3v) is 9.27. The van der Waals surface area contributed by atoms with E-state index >= 15 is 0 Å². The van der Waals surface area contributed by atoms with Crippen LogP contribution in [0.2, 0.25) is 10.0 Å². The van der Waals surface area contributed by atoms with Crippen molar-refractivity contribution < 1.29 is 0 Å². The summed E-state index contributed by atoms with van der Waals surface area (Å²) in [7, 11) is 0. The van der Waals surface area contributed by atoms with Gasteiger partial charge < -0.3 is 5.32 Å². The lowest BCUT2D eigenvalue weighted by Gasteiger charge is -2.59. The predicted molar refractivity (Wildman–Crippen MR) is 138 cm³/mol. The van der Waals surface area contributed by atoms with Gasteiger partial charge in [-0.3, -0.25) is 0 Å². The molecule has 1 atom stereocenters. The smallest absolute Gasteiger partial charge is 0.117 e. The molecule has 4 bridgehead atoms. The molecule has 4 aliphatic carbocycles. The number of halogens is 2. The molecule has 34 heavy (non-hydrogen) atoms. The van der Waals surface area contributed by atoms with E-state index in [0.717, 1.165) is 46.8 Å². The summed E-state index contributed by atoms with van der Waals surface area (Å²) in [5, 5.41) is 15.0. The molecule has 1 N–H and O–H groups in total. The molecule has 4 nitrogen and oxygen atoms in total. The number of hydrogen-bond donors (Lipinski definition) is 1. The molecule has 6 heteroatoms. The molecule has 7 rings (SSSR count). The quantitative estimate of drug-likeness (QED) is 0.384. The molecule has 0 aliphatic heterocycles. The van der Waals surface area contributed by atoms with E-state index in [2.05, 4.69) is 36.5 Å². The maximum Gasteiger partial charge on any atom is 0.117 e. The Bertz CT molecular complexity index is 1140. The molecule has 4 fully saturated rings. The molecule has 0 unspecified atom stereocenters. The van der Waals surface area contributed by atoms with Gasteiger partial charge in [0.2, 0.25) is 0 Å². The van der Waals surface area contributed by atoms with Crippen molar-refractivity contribution in [1.82, 2.24) is 20.3 Å². The van der Waals surface area contributed by atoms with Gasteiger partial charge in [0.25, 0.3) is 0 Å². The maximum absolute atomic E-state index is 6.43. The molecule has 4 aliphatic rings. The lowest BCUT2D eigenvalue weighted by Crippen LogP contribution is -2.54. The van der Waals surface area contributed by atoms with Crippen LogP contribution >= 0.6 is 23.2 Å². The van der Waals surface area contributed by atoms with Gasteiger partial charge in [0.1, 0.15) is 11.4 Å². The average molecular weight is 495 g/mol. The number of nitrogens with one attached hydrogen (secondary N) is 1. The fourth-order valence-electron chi connectivity index (χ4n) is 7.37. The first kappa shape index (κ1) is 22.6. The van der Waals surface area contributed by atoms with Gasteiger partial charge in [-0.15, -0.1) is 0 Å². The van der Waals surface area contributed by atoms with E-state index in [1.807, 2.05) is 18.2 Å². The summed E-state index contributed by atoms with van der Waals surface area (Å²) in [4.78, 5) is 1.77. The van der Waals surface area contributed by atoms with E-state index in [1.165, 1.54) is 38.5 Å². The zero-order valence-corrected chi connectivity index (χ0v) is 21.2. The normalized spacial score (nSPS) is 28.4. The summed E-state index contributed by atoms with van der Waals surface area (Å²) in [6, 6.07) is 16.4. The summed E-state index contributed by atoms with van der Waals surface area (Å²) in [5.74, 6) is 2.88. The molecule has 2 aromatic carbocycles. The summed E-state index contributed by atoms with van der Waals surface area (Å²) in [5.41, 5.74) is 4.45. The van der Waals surface area contributed by atoms with E-state index in [4.69, 9.17) is 33.4 Å². The molecular formula is C28H32Cl2N4. The van der Waals surface area contributed by atoms with Crippen LogP contribution in [-0.4, -0.2) is 21.0 Å². The number of nitrogens with zero attached hydrogens (tertiary/aromatic N) is 3.